The molecule has 1 aliphatic heterocycles. The molecule has 1 saturated heterocycles. The van der Waals surface area contributed by atoms with E-state index in [9.17, 15) is 18.0 Å². The van der Waals surface area contributed by atoms with Crippen molar-refractivity contribution in [3.8, 4) is 0 Å². The number of hydrogen-bond acceptors (Lipinski definition) is 7. The highest BCUT2D eigenvalue weighted by atomic mass is 35.5. The monoisotopic (exact) mass is 595 g/mol. The summed E-state index contributed by atoms with van der Waals surface area (Å²) in [6.45, 7) is 5.95. The van der Waals surface area contributed by atoms with Crippen molar-refractivity contribution in [2.45, 2.75) is 37.8 Å². The van der Waals surface area contributed by atoms with Gasteiger partial charge in [0.25, 0.3) is 0 Å². The van der Waals surface area contributed by atoms with Gasteiger partial charge in [0.2, 0.25) is 21.9 Å². The van der Waals surface area contributed by atoms with Crippen molar-refractivity contribution in [1.82, 2.24) is 18.8 Å². The van der Waals surface area contributed by atoms with Crippen LogP contribution in [0.4, 0.5) is 16.4 Å². The van der Waals surface area contributed by atoms with Gasteiger partial charge in [0.15, 0.2) is 0 Å². The molecule has 12 heteroatoms. The van der Waals surface area contributed by atoms with Gasteiger partial charge in [-0.2, -0.15) is 4.31 Å². The van der Waals surface area contributed by atoms with Crippen molar-refractivity contribution < 1.29 is 22.7 Å². The van der Waals surface area contributed by atoms with Crippen LogP contribution < -0.4 is 5.32 Å². The number of sulfonamides is 1. The van der Waals surface area contributed by atoms with Crippen LogP contribution >= 0.6 is 11.6 Å². The Hall–Kier alpha value is -3.93. The van der Waals surface area contributed by atoms with E-state index in [1.165, 1.54) is 21.3 Å². The Labute approximate surface area is 243 Å². The molecule has 1 N–H and O–H groups in total. The summed E-state index contributed by atoms with van der Waals surface area (Å²) in [6, 6.07) is 17.5. The van der Waals surface area contributed by atoms with Crippen LogP contribution in [0.25, 0.3) is 10.8 Å². The first-order valence-corrected chi connectivity index (χ1v) is 14.8. The first-order chi connectivity index (χ1) is 19.4. The van der Waals surface area contributed by atoms with Crippen molar-refractivity contribution in [2.24, 2.45) is 0 Å². The number of halogens is 1. The molecule has 0 atom stereocenters. The molecule has 0 spiro atoms. The van der Waals surface area contributed by atoms with Gasteiger partial charge in [-0.05, 0) is 73.5 Å². The highest BCUT2D eigenvalue weighted by molar-refractivity contribution is 7.89. The first-order valence-electron chi connectivity index (χ1n) is 13.0. The summed E-state index contributed by atoms with van der Waals surface area (Å²) in [5.74, 6) is 0.0451. The van der Waals surface area contributed by atoms with Crippen LogP contribution in [0.15, 0.2) is 78.0 Å². The molecule has 1 aliphatic rings. The minimum atomic E-state index is -3.84. The molecule has 0 bridgehead atoms. The van der Waals surface area contributed by atoms with E-state index in [2.05, 4.69) is 10.3 Å². The topological polar surface area (TPSA) is 114 Å². The maximum absolute atomic E-state index is 13.3. The van der Waals surface area contributed by atoms with Crippen LogP contribution in [-0.2, 0) is 26.1 Å². The van der Waals surface area contributed by atoms with Crippen LogP contribution in [-0.4, -0.2) is 64.4 Å². The minimum Gasteiger partial charge on any atom is -0.443 e. The number of nitrogens with zero attached hydrogens (tertiary/aromatic N) is 4. The highest BCUT2D eigenvalue weighted by Gasteiger charge is 2.33. The SMILES string of the molecule is CC(C)(C)OC(=O)n1ccnc1Nc1ccc(CN2CCN(S(=O)(=O)c3ccc4cc(Cl)ccc4c3)CC2=O)cc1. The lowest BCUT2D eigenvalue weighted by Crippen LogP contribution is -2.51. The van der Waals surface area contributed by atoms with E-state index in [0.717, 1.165) is 16.3 Å². The largest absolute Gasteiger partial charge is 0.443 e. The first kappa shape index (κ1) is 28.6. The number of ether oxygens (including phenoxy) is 1. The van der Waals surface area contributed by atoms with Crippen LogP contribution in [0.5, 0.6) is 0 Å². The van der Waals surface area contributed by atoms with Gasteiger partial charge in [-0.3, -0.25) is 4.79 Å². The summed E-state index contributed by atoms with van der Waals surface area (Å²) in [6.07, 6.45) is 2.48. The second-order valence-corrected chi connectivity index (χ2v) is 13.1. The molecule has 5 rings (SSSR count). The Morgan fingerprint density at radius 3 is 2.44 bits per heavy atom. The molecule has 4 aromatic rings. The zero-order valence-corrected chi connectivity index (χ0v) is 24.4. The third-order valence-corrected chi connectivity index (χ3v) is 8.59. The Morgan fingerprint density at radius 2 is 1.73 bits per heavy atom. The van der Waals surface area contributed by atoms with Crippen molar-refractivity contribution in [3.63, 3.8) is 0 Å². The van der Waals surface area contributed by atoms with Gasteiger partial charge >= 0.3 is 6.09 Å². The molecular weight excluding hydrogens is 566 g/mol. The van der Waals surface area contributed by atoms with Crippen molar-refractivity contribution >= 4 is 56.0 Å². The van der Waals surface area contributed by atoms with Gasteiger partial charge in [0.05, 0.1) is 11.4 Å². The average Bonchev–Trinajstić information content (AvgIpc) is 3.38. The molecule has 0 aliphatic carbocycles. The van der Waals surface area contributed by atoms with E-state index in [-0.39, 0.29) is 30.4 Å². The van der Waals surface area contributed by atoms with E-state index in [1.54, 1.807) is 62.1 Å². The summed E-state index contributed by atoms with van der Waals surface area (Å²) >= 11 is 6.04. The van der Waals surface area contributed by atoms with E-state index in [4.69, 9.17) is 16.3 Å². The maximum atomic E-state index is 13.3. The summed E-state index contributed by atoms with van der Waals surface area (Å²) in [5.41, 5.74) is 0.938. The molecule has 2 heterocycles. The Balaban J connectivity index is 1.20. The van der Waals surface area contributed by atoms with Gasteiger partial charge < -0.3 is 15.0 Å². The molecule has 214 valence electrons. The van der Waals surface area contributed by atoms with Crippen LogP contribution in [0.3, 0.4) is 0 Å². The van der Waals surface area contributed by atoms with Gasteiger partial charge in [-0.1, -0.05) is 35.9 Å². The summed E-state index contributed by atoms with van der Waals surface area (Å²) < 4.78 is 34.5. The van der Waals surface area contributed by atoms with Gasteiger partial charge in [-0.15, -0.1) is 0 Å². The zero-order chi connectivity index (χ0) is 29.4. The fourth-order valence-corrected chi connectivity index (χ4v) is 6.06. The molecule has 41 heavy (non-hydrogen) atoms. The van der Waals surface area contributed by atoms with Crippen LogP contribution in [0.2, 0.25) is 5.02 Å². The van der Waals surface area contributed by atoms with Crippen LogP contribution in [0, 0.1) is 0 Å². The van der Waals surface area contributed by atoms with E-state index < -0.39 is 21.7 Å². The van der Waals surface area contributed by atoms with E-state index >= 15 is 0 Å². The van der Waals surface area contributed by atoms with Gasteiger partial charge in [0.1, 0.15) is 5.60 Å². The van der Waals surface area contributed by atoms with Crippen LogP contribution in [0.1, 0.15) is 26.3 Å². The molecule has 0 radical (unpaired) electrons. The number of carbonyl (C=O) groups is 2. The molecule has 1 fully saturated rings. The van der Waals surface area contributed by atoms with Gasteiger partial charge in [-0.25, -0.2) is 22.8 Å². The lowest BCUT2D eigenvalue weighted by atomic mass is 10.1. The Kier molecular flexibility index (Phi) is 7.78. The number of nitrogens with one attached hydrogen (secondary N) is 1. The lowest BCUT2D eigenvalue weighted by molar-refractivity contribution is -0.134. The van der Waals surface area contributed by atoms with Gasteiger partial charge in [0, 0.05) is 42.7 Å². The normalized spacial score (nSPS) is 14.8. The standard InChI is InChI=1S/C29H30ClN5O5S/c1-29(2,3)40-28(37)35-13-12-31-27(35)32-24-9-4-20(5-10-24)18-33-14-15-34(19-26(33)36)41(38,39)25-11-7-21-16-23(30)8-6-22(21)17-25/h4-13,16-17H,14-15,18-19H2,1-3H3,(H,31,32). The second-order valence-electron chi connectivity index (χ2n) is 10.7. The molecular formula is C29H30ClN5O5S. The Bertz CT molecular complexity index is 1710. The predicted molar refractivity (Wildman–Crippen MR) is 157 cm³/mol. The fraction of sp³-hybridized carbons (Fsp3) is 0.276. The predicted octanol–water partition coefficient (Wildman–Crippen LogP) is 5.25. The molecule has 0 unspecified atom stereocenters. The molecule has 3 aromatic carbocycles. The number of carbonyl (C=O) groups excluding carboxylic acids is 2. The van der Waals surface area contributed by atoms with E-state index in [1.807, 2.05) is 24.3 Å². The number of piperazine rings is 1. The highest BCUT2D eigenvalue weighted by Crippen LogP contribution is 2.26. The number of hydrogen-bond donors (Lipinski definition) is 1. The van der Waals surface area contributed by atoms with Crippen molar-refractivity contribution in [3.05, 3.63) is 83.6 Å². The number of rotatable bonds is 6. The smallest absolute Gasteiger partial charge is 0.421 e. The minimum absolute atomic E-state index is 0.143. The maximum Gasteiger partial charge on any atom is 0.421 e. The molecule has 1 aromatic heterocycles. The molecule has 1 amide bonds. The lowest BCUT2D eigenvalue weighted by Gasteiger charge is -2.33. The average molecular weight is 596 g/mol. The fourth-order valence-electron chi connectivity index (χ4n) is 4.46. The third-order valence-electron chi connectivity index (χ3n) is 6.51. The third kappa shape index (κ3) is 6.53. The van der Waals surface area contributed by atoms with Crippen molar-refractivity contribution in [2.75, 3.05) is 25.0 Å². The quantitative estimate of drug-likeness (QED) is 0.324. The van der Waals surface area contributed by atoms with Crippen molar-refractivity contribution in [1.29, 1.82) is 0 Å². The number of fused-ring (bicyclic) bond motifs is 1. The zero-order valence-electron chi connectivity index (χ0n) is 22.9. The summed E-state index contributed by atoms with van der Waals surface area (Å²) in [4.78, 5) is 31.4. The number of imidazole rings is 1. The number of aromatic nitrogens is 2. The summed E-state index contributed by atoms with van der Waals surface area (Å²) in [5, 5.41) is 5.27. The summed E-state index contributed by atoms with van der Waals surface area (Å²) in [7, 11) is -3.84. The number of anilines is 2. The second kappa shape index (κ2) is 11.2. The number of amides is 1. The number of benzene rings is 3. The Morgan fingerprint density at radius 1 is 1.02 bits per heavy atom. The van der Waals surface area contributed by atoms with E-state index in [0.29, 0.717) is 23.2 Å². The molecule has 0 saturated carbocycles. The molecule has 10 nitrogen and oxygen atoms in total.